The van der Waals surface area contributed by atoms with Gasteiger partial charge in [0.1, 0.15) is 5.75 Å². The van der Waals surface area contributed by atoms with Crippen molar-refractivity contribution in [2.24, 2.45) is 0 Å². The summed E-state index contributed by atoms with van der Waals surface area (Å²) in [5.41, 5.74) is 9.31. The Morgan fingerprint density at radius 1 is 1.16 bits per heavy atom. The summed E-state index contributed by atoms with van der Waals surface area (Å²) in [6, 6.07) is 9.97. The maximum absolute atomic E-state index is 12.2. The van der Waals surface area contributed by atoms with Gasteiger partial charge in [-0.2, -0.15) is 0 Å². The Labute approximate surface area is 111 Å². The van der Waals surface area contributed by atoms with Gasteiger partial charge in [0.05, 0.1) is 0 Å². The lowest BCUT2D eigenvalue weighted by molar-refractivity contribution is 0.102. The summed E-state index contributed by atoms with van der Waals surface area (Å²) >= 11 is 0. The van der Waals surface area contributed by atoms with Crippen LogP contribution in [0.3, 0.4) is 0 Å². The third-order valence-electron chi connectivity index (χ3n) is 2.96. The molecule has 98 valence electrons. The minimum atomic E-state index is -0.241. The van der Waals surface area contributed by atoms with Crippen molar-refractivity contribution in [2.75, 3.05) is 11.1 Å². The van der Waals surface area contributed by atoms with E-state index in [4.69, 9.17) is 5.73 Å². The fourth-order valence-electron chi connectivity index (χ4n) is 1.90. The molecule has 0 aliphatic rings. The van der Waals surface area contributed by atoms with Crippen LogP contribution in [0.2, 0.25) is 0 Å². The molecule has 0 fully saturated rings. The maximum Gasteiger partial charge on any atom is 0.256 e. The highest BCUT2D eigenvalue weighted by Gasteiger charge is 2.11. The zero-order valence-electron chi connectivity index (χ0n) is 10.9. The topological polar surface area (TPSA) is 75.3 Å². The third kappa shape index (κ3) is 2.85. The number of anilines is 2. The highest BCUT2D eigenvalue weighted by molar-refractivity contribution is 6.06. The number of aryl methyl sites for hydroxylation is 2. The lowest BCUT2D eigenvalue weighted by Crippen LogP contribution is -2.14. The molecule has 0 radical (unpaired) electrons. The van der Waals surface area contributed by atoms with Crippen molar-refractivity contribution in [3.8, 4) is 5.75 Å². The summed E-state index contributed by atoms with van der Waals surface area (Å²) in [5, 5.41) is 12.1. The van der Waals surface area contributed by atoms with Crippen molar-refractivity contribution in [1.82, 2.24) is 0 Å². The van der Waals surface area contributed by atoms with Crippen LogP contribution < -0.4 is 11.1 Å². The van der Waals surface area contributed by atoms with Crippen LogP contribution in [0, 0.1) is 13.8 Å². The minimum absolute atomic E-state index is 0.109. The number of amides is 1. The van der Waals surface area contributed by atoms with Crippen LogP contribution in [0.25, 0.3) is 0 Å². The molecule has 2 rings (SSSR count). The second-order valence-corrected chi connectivity index (χ2v) is 4.53. The predicted molar refractivity (Wildman–Crippen MR) is 76.4 cm³/mol. The van der Waals surface area contributed by atoms with Crippen molar-refractivity contribution in [3.05, 3.63) is 53.1 Å². The molecule has 0 heterocycles. The van der Waals surface area contributed by atoms with Crippen LogP contribution in [0.5, 0.6) is 5.75 Å². The Balaban J connectivity index is 2.28. The first-order chi connectivity index (χ1) is 8.97. The van der Waals surface area contributed by atoms with Crippen LogP contribution in [0.1, 0.15) is 21.5 Å². The molecule has 4 heteroatoms. The van der Waals surface area contributed by atoms with Crippen molar-refractivity contribution >= 4 is 17.3 Å². The van der Waals surface area contributed by atoms with Crippen LogP contribution in [0.15, 0.2) is 36.4 Å². The van der Waals surface area contributed by atoms with Gasteiger partial charge in [-0.1, -0.05) is 12.1 Å². The first kappa shape index (κ1) is 13.0. The number of hydrogen-bond donors (Lipinski definition) is 3. The Hall–Kier alpha value is -2.49. The molecule has 4 nitrogen and oxygen atoms in total. The van der Waals surface area contributed by atoms with Gasteiger partial charge in [0.2, 0.25) is 0 Å². The summed E-state index contributed by atoms with van der Waals surface area (Å²) in [5.74, 6) is -0.132. The molecule has 0 aliphatic heterocycles. The van der Waals surface area contributed by atoms with Crippen LogP contribution in [-0.2, 0) is 0 Å². The summed E-state index contributed by atoms with van der Waals surface area (Å²) in [6.45, 7) is 3.77. The highest BCUT2D eigenvalue weighted by atomic mass is 16.3. The van der Waals surface area contributed by atoms with E-state index in [1.807, 2.05) is 19.9 Å². The Bertz CT molecular complexity index is 636. The number of phenolic OH excluding ortho intramolecular Hbond substituents is 1. The standard InChI is InChI=1S/C15H16N2O2/c1-9-6-10(2)14(16)8-13(9)15(19)17-11-4-3-5-12(18)7-11/h3-8,18H,16H2,1-2H3,(H,17,19). The van der Waals surface area contributed by atoms with Crippen LogP contribution >= 0.6 is 0 Å². The number of benzene rings is 2. The summed E-state index contributed by atoms with van der Waals surface area (Å²) in [7, 11) is 0. The van der Waals surface area contributed by atoms with Gasteiger partial charge in [-0.15, -0.1) is 0 Å². The van der Waals surface area contributed by atoms with Crippen molar-refractivity contribution in [3.63, 3.8) is 0 Å². The van der Waals surface area contributed by atoms with Crippen molar-refractivity contribution in [1.29, 1.82) is 0 Å². The zero-order valence-corrected chi connectivity index (χ0v) is 10.9. The molecule has 0 saturated heterocycles. The SMILES string of the molecule is Cc1cc(C)c(C(=O)Nc2cccc(O)c2)cc1N. The Morgan fingerprint density at radius 2 is 1.89 bits per heavy atom. The fourth-order valence-corrected chi connectivity index (χ4v) is 1.90. The first-order valence-electron chi connectivity index (χ1n) is 5.94. The number of nitrogens with one attached hydrogen (secondary N) is 1. The monoisotopic (exact) mass is 256 g/mol. The van der Waals surface area contributed by atoms with Crippen molar-refractivity contribution in [2.45, 2.75) is 13.8 Å². The number of rotatable bonds is 2. The van der Waals surface area contributed by atoms with Gasteiger partial charge in [0, 0.05) is 23.0 Å². The third-order valence-corrected chi connectivity index (χ3v) is 2.96. The molecule has 2 aromatic rings. The number of nitrogen functional groups attached to an aromatic ring is 1. The van der Waals surface area contributed by atoms with Gasteiger partial charge in [0.25, 0.3) is 5.91 Å². The lowest BCUT2D eigenvalue weighted by Gasteiger charge is -2.10. The molecular formula is C15H16N2O2. The molecule has 0 unspecified atom stereocenters. The normalized spacial score (nSPS) is 10.2. The summed E-state index contributed by atoms with van der Waals surface area (Å²) in [6.07, 6.45) is 0. The number of hydrogen-bond acceptors (Lipinski definition) is 3. The van der Waals surface area contributed by atoms with E-state index >= 15 is 0 Å². The molecule has 4 N–H and O–H groups in total. The zero-order chi connectivity index (χ0) is 14.0. The van der Waals surface area contributed by atoms with Gasteiger partial charge in [-0.3, -0.25) is 4.79 Å². The Kier molecular flexibility index (Phi) is 3.42. The Morgan fingerprint density at radius 3 is 2.58 bits per heavy atom. The number of phenols is 1. The summed E-state index contributed by atoms with van der Waals surface area (Å²) < 4.78 is 0. The smallest absolute Gasteiger partial charge is 0.256 e. The molecule has 0 aromatic heterocycles. The van der Waals surface area contributed by atoms with E-state index in [2.05, 4.69) is 5.32 Å². The number of carbonyl (C=O) groups is 1. The molecule has 19 heavy (non-hydrogen) atoms. The van der Waals surface area contributed by atoms with E-state index in [0.717, 1.165) is 11.1 Å². The minimum Gasteiger partial charge on any atom is -0.508 e. The van der Waals surface area contributed by atoms with Crippen LogP contribution in [0.4, 0.5) is 11.4 Å². The van der Waals surface area contributed by atoms with Gasteiger partial charge in [-0.25, -0.2) is 0 Å². The van der Waals surface area contributed by atoms with E-state index in [9.17, 15) is 9.90 Å². The molecule has 2 aromatic carbocycles. The van der Waals surface area contributed by atoms with Gasteiger partial charge >= 0.3 is 0 Å². The number of carbonyl (C=O) groups excluding carboxylic acids is 1. The summed E-state index contributed by atoms with van der Waals surface area (Å²) in [4.78, 5) is 12.2. The average molecular weight is 256 g/mol. The van der Waals surface area contributed by atoms with Crippen LogP contribution in [-0.4, -0.2) is 11.0 Å². The maximum atomic E-state index is 12.2. The van der Waals surface area contributed by atoms with Gasteiger partial charge in [-0.05, 0) is 43.2 Å². The van der Waals surface area contributed by atoms with E-state index in [0.29, 0.717) is 16.9 Å². The second-order valence-electron chi connectivity index (χ2n) is 4.53. The molecule has 0 saturated carbocycles. The van der Waals surface area contributed by atoms with E-state index in [1.165, 1.54) is 6.07 Å². The molecule has 0 atom stereocenters. The second kappa shape index (κ2) is 5.02. The van der Waals surface area contributed by atoms with Gasteiger partial charge in [0.15, 0.2) is 0 Å². The van der Waals surface area contributed by atoms with E-state index < -0.39 is 0 Å². The number of nitrogens with two attached hydrogens (primary N) is 1. The molecule has 0 aliphatic carbocycles. The number of aromatic hydroxyl groups is 1. The largest absolute Gasteiger partial charge is 0.508 e. The predicted octanol–water partition coefficient (Wildman–Crippen LogP) is 2.84. The molecule has 1 amide bonds. The highest BCUT2D eigenvalue weighted by Crippen LogP contribution is 2.20. The molecular weight excluding hydrogens is 240 g/mol. The van der Waals surface area contributed by atoms with Gasteiger partial charge < -0.3 is 16.2 Å². The molecule has 0 bridgehead atoms. The van der Waals surface area contributed by atoms with Crippen molar-refractivity contribution < 1.29 is 9.90 Å². The fraction of sp³-hybridized carbons (Fsp3) is 0.133. The molecule has 0 spiro atoms. The first-order valence-corrected chi connectivity index (χ1v) is 5.94. The van der Waals surface area contributed by atoms with E-state index in [1.54, 1.807) is 24.3 Å². The average Bonchev–Trinajstić information content (AvgIpc) is 2.33. The lowest BCUT2D eigenvalue weighted by atomic mass is 10.0. The quantitative estimate of drug-likeness (QED) is 0.723. The van der Waals surface area contributed by atoms with E-state index in [-0.39, 0.29) is 11.7 Å².